The SMILES string of the molecule is O[C@H]1C[C@@H](c2ccc(F)cc2)N(c2ccnc(N3CCOCC3)n2)C1. The van der Waals surface area contributed by atoms with Gasteiger partial charge in [-0.15, -0.1) is 0 Å². The summed E-state index contributed by atoms with van der Waals surface area (Å²) >= 11 is 0. The van der Waals surface area contributed by atoms with Crippen LogP contribution in [0.25, 0.3) is 0 Å². The average molecular weight is 344 g/mol. The maximum absolute atomic E-state index is 13.2. The molecule has 2 fully saturated rings. The van der Waals surface area contributed by atoms with E-state index >= 15 is 0 Å². The molecule has 0 amide bonds. The van der Waals surface area contributed by atoms with Gasteiger partial charge in [-0.3, -0.25) is 0 Å². The summed E-state index contributed by atoms with van der Waals surface area (Å²) in [5.74, 6) is 1.20. The molecule has 0 aliphatic carbocycles. The Balaban J connectivity index is 1.61. The first kappa shape index (κ1) is 16.2. The number of aliphatic hydroxyl groups is 1. The minimum Gasteiger partial charge on any atom is -0.391 e. The van der Waals surface area contributed by atoms with Crippen molar-refractivity contribution in [3.05, 3.63) is 47.9 Å². The molecule has 1 aromatic carbocycles. The van der Waals surface area contributed by atoms with Crippen molar-refractivity contribution in [1.82, 2.24) is 9.97 Å². The zero-order chi connectivity index (χ0) is 17.2. The third-order valence-electron chi connectivity index (χ3n) is 4.75. The van der Waals surface area contributed by atoms with Crippen LogP contribution >= 0.6 is 0 Å². The van der Waals surface area contributed by atoms with Gasteiger partial charge >= 0.3 is 0 Å². The second-order valence-corrected chi connectivity index (χ2v) is 6.42. The first-order chi connectivity index (χ1) is 12.2. The fourth-order valence-corrected chi connectivity index (χ4v) is 3.48. The maximum atomic E-state index is 13.2. The number of halogens is 1. The summed E-state index contributed by atoms with van der Waals surface area (Å²) in [6.45, 7) is 3.39. The topological polar surface area (TPSA) is 61.7 Å². The monoisotopic (exact) mass is 344 g/mol. The van der Waals surface area contributed by atoms with Gasteiger partial charge in [0.25, 0.3) is 0 Å². The molecule has 2 aliphatic rings. The number of aromatic nitrogens is 2. The van der Waals surface area contributed by atoms with Crippen LogP contribution in [-0.2, 0) is 4.74 Å². The van der Waals surface area contributed by atoms with Gasteiger partial charge in [-0.25, -0.2) is 9.37 Å². The van der Waals surface area contributed by atoms with E-state index in [0.717, 1.165) is 24.5 Å². The molecule has 25 heavy (non-hydrogen) atoms. The smallest absolute Gasteiger partial charge is 0.227 e. The Kier molecular flexibility index (Phi) is 4.50. The van der Waals surface area contributed by atoms with Crippen molar-refractivity contribution in [1.29, 1.82) is 0 Å². The number of rotatable bonds is 3. The Morgan fingerprint density at radius 3 is 2.64 bits per heavy atom. The second kappa shape index (κ2) is 6.93. The lowest BCUT2D eigenvalue weighted by Gasteiger charge is -2.29. The van der Waals surface area contributed by atoms with Crippen LogP contribution in [0.1, 0.15) is 18.0 Å². The van der Waals surface area contributed by atoms with Crippen LogP contribution in [0.5, 0.6) is 0 Å². The zero-order valence-corrected chi connectivity index (χ0v) is 13.9. The summed E-state index contributed by atoms with van der Waals surface area (Å²) in [4.78, 5) is 13.3. The van der Waals surface area contributed by atoms with Gasteiger partial charge in [0.05, 0.1) is 25.4 Å². The predicted octanol–water partition coefficient (Wildman–Crippen LogP) is 1.76. The summed E-state index contributed by atoms with van der Waals surface area (Å²) in [7, 11) is 0. The third-order valence-corrected chi connectivity index (χ3v) is 4.75. The molecule has 0 saturated carbocycles. The molecule has 3 heterocycles. The number of nitrogens with zero attached hydrogens (tertiary/aromatic N) is 4. The number of hydrogen-bond acceptors (Lipinski definition) is 6. The first-order valence-electron chi connectivity index (χ1n) is 8.56. The fourth-order valence-electron chi connectivity index (χ4n) is 3.48. The van der Waals surface area contributed by atoms with E-state index < -0.39 is 6.10 Å². The van der Waals surface area contributed by atoms with Crippen molar-refractivity contribution >= 4 is 11.8 Å². The average Bonchev–Trinajstić information content (AvgIpc) is 3.05. The lowest BCUT2D eigenvalue weighted by molar-refractivity contribution is 0.122. The number of anilines is 2. The molecule has 2 aliphatic heterocycles. The van der Waals surface area contributed by atoms with Crippen molar-refractivity contribution in [2.24, 2.45) is 0 Å². The Morgan fingerprint density at radius 2 is 1.88 bits per heavy atom. The maximum Gasteiger partial charge on any atom is 0.227 e. The Bertz CT molecular complexity index is 721. The molecule has 2 aromatic rings. The van der Waals surface area contributed by atoms with E-state index in [4.69, 9.17) is 9.72 Å². The van der Waals surface area contributed by atoms with Crippen LogP contribution in [0, 0.1) is 5.82 Å². The molecule has 7 heteroatoms. The lowest BCUT2D eigenvalue weighted by Crippen LogP contribution is -2.37. The molecular weight excluding hydrogens is 323 g/mol. The number of aliphatic hydroxyl groups excluding tert-OH is 1. The number of hydrogen-bond donors (Lipinski definition) is 1. The number of β-amino-alcohol motifs (C(OH)–C–C–N with tert-alkyl or cyclic N) is 1. The van der Waals surface area contributed by atoms with Gasteiger partial charge in [0.2, 0.25) is 5.95 Å². The molecule has 0 spiro atoms. The lowest BCUT2D eigenvalue weighted by atomic mass is 10.0. The highest BCUT2D eigenvalue weighted by Crippen LogP contribution is 2.35. The van der Waals surface area contributed by atoms with Crippen LogP contribution in [0.15, 0.2) is 36.5 Å². The van der Waals surface area contributed by atoms with Gasteiger partial charge in [0.1, 0.15) is 11.6 Å². The summed E-state index contributed by atoms with van der Waals surface area (Å²) in [6, 6.07) is 8.29. The van der Waals surface area contributed by atoms with E-state index in [9.17, 15) is 9.50 Å². The second-order valence-electron chi connectivity index (χ2n) is 6.42. The van der Waals surface area contributed by atoms with Gasteiger partial charge in [0.15, 0.2) is 0 Å². The summed E-state index contributed by atoms with van der Waals surface area (Å²) in [5.41, 5.74) is 0.976. The van der Waals surface area contributed by atoms with Gasteiger partial charge in [0, 0.05) is 25.8 Å². The van der Waals surface area contributed by atoms with Crippen LogP contribution in [0.4, 0.5) is 16.2 Å². The molecule has 6 nitrogen and oxygen atoms in total. The van der Waals surface area contributed by atoms with Gasteiger partial charge in [-0.1, -0.05) is 12.1 Å². The minimum absolute atomic E-state index is 0.0250. The highest BCUT2D eigenvalue weighted by atomic mass is 19.1. The molecule has 1 N–H and O–H groups in total. The Hall–Kier alpha value is -2.25. The van der Waals surface area contributed by atoms with Crippen molar-refractivity contribution in [2.75, 3.05) is 42.6 Å². The summed E-state index contributed by atoms with van der Waals surface area (Å²) < 4.78 is 18.6. The predicted molar refractivity (Wildman–Crippen MR) is 92.2 cm³/mol. The highest BCUT2D eigenvalue weighted by Gasteiger charge is 2.33. The van der Waals surface area contributed by atoms with Crippen molar-refractivity contribution < 1.29 is 14.2 Å². The molecule has 0 unspecified atom stereocenters. The van der Waals surface area contributed by atoms with Crippen LogP contribution in [0.3, 0.4) is 0 Å². The van der Waals surface area contributed by atoms with Crippen LogP contribution in [-0.4, -0.2) is 54.0 Å². The normalized spacial score (nSPS) is 23.9. The fraction of sp³-hybridized carbons (Fsp3) is 0.444. The van der Waals surface area contributed by atoms with E-state index in [1.165, 1.54) is 12.1 Å². The van der Waals surface area contributed by atoms with Crippen molar-refractivity contribution in [3.63, 3.8) is 0 Å². The minimum atomic E-state index is -0.433. The molecular formula is C18H21FN4O2. The first-order valence-corrected chi connectivity index (χ1v) is 8.56. The van der Waals surface area contributed by atoms with Crippen LogP contribution < -0.4 is 9.80 Å². The van der Waals surface area contributed by atoms with Crippen molar-refractivity contribution in [2.45, 2.75) is 18.6 Å². The molecule has 4 rings (SSSR count). The quantitative estimate of drug-likeness (QED) is 0.916. The molecule has 2 atom stereocenters. The molecule has 1 aromatic heterocycles. The molecule has 2 saturated heterocycles. The zero-order valence-electron chi connectivity index (χ0n) is 13.9. The summed E-state index contributed by atoms with van der Waals surface area (Å²) in [6.07, 6.45) is 1.92. The van der Waals surface area contributed by atoms with E-state index in [1.807, 2.05) is 6.07 Å². The molecule has 132 valence electrons. The standard InChI is InChI=1S/C18H21FN4O2/c19-14-3-1-13(2-4-14)16-11-15(24)12-23(16)17-5-6-20-18(21-17)22-7-9-25-10-8-22/h1-6,15-16,24H,7-12H2/t15-,16-/m0/s1. The van der Waals surface area contributed by atoms with E-state index in [-0.39, 0.29) is 11.9 Å². The van der Waals surface area contributed by atoms with Gasteiger partial charge in [-0.05, 0) is 30.2 Å². The van der Waals surface area contributed by atoms with Crippen molar-refractivity contribution in [3.8, 4) is 0 Å². The Labute approximate surface area is 145 Å². The van der Waals surface area contributed by atoms with E-state index in [2.05, 4.69) is 14.8 Å². The molecule has 0 radical (unpaired) electrons. The van der Waals surface area contributed by atoms with E-state index in [0.29, 0.717) is 32.1 Å². The van der Waals surface area contributed by atoms with E-state index in [1.54, 1.807) is 18.3 Å². The number of morpholine rings is 1. The number of ether oxygens (including phenoxy) is 1. The van der Waals surface area contributed by atoms with Gasteiger partial charge in [-0.2, -0.15) is 4.98 Å². The molecule has 0 bridgehead atoms. The highest BCUT2D eigenvalue weighted by molar-refractivity contribution is 5.48. The summed E-state index contributed by atoms with van der Waals surface area (Å²) in [5, 5.41) is 10.2. The van der Waals surface area contributed by atoms with Gasteiger partial charge < -0.3 is 19.6 Å². The largest absolute Gasteiger partial charge is 0.391 e. The number of benzene rings is 1. The van der Waals surface area contributed by atoms with Crippen LogP contribution in [0.2, 0.25) is 0 Å². The Morgan fingerprint density at radius 1 is 1.12 bits per heavy atom. The third kappa shape index (κ3) is 3.43.